The third-order valence-electron chi connectivity index (χ3n) is 4.72. The predicted octanol–water partition coefficient (Wildman–Crippen LogP) is 3.87. The lowest BCUT2D eigenvalue weighted by molar-refractivity contribution is 0.331. The van der Waals surface area contributed by atoms with Gasteiger partial charge >= 0.3 is 0 Å². The summed E-state index contributed by atoms with van der Waals surface area (Å²) in [5.41, 5.74) is 3.76. The average molecular weight is 499 g/mol. The minimum atomic E-state index is 0. The van der Waals surface area contributed by atoms with E-state index in [2.05, 4.69) is 54.7 Å². The van der Waals surface area contributed by atoms with Gasteiger partial charge in [0, 0.05) is 32.6 Å². The standard InChI is InChI=1S/C20H29N5S.HI/c1-16-23-19(15-26-16)14-24(3)20(21-2)22-12-17-6-8-18(9-7-17)13-25-10-4-5-11-25;/h6-9,15H,4-5,10-14H2,1-3H3,(H,21,22);1H. The maximum absolute atomic E-state index is 4.53. The zero-order valence-electron chi connectivity index (χ0n) is 16.4. The van der Waals surface area contributed by atoms with Crippen LogP contribution in [0.25, 0.3) is 0 Å². The summed E-state index contributed by atoms with van der Waals surface area (Å²) in [6.07, 6.45) is 2.68. The predicted molar refractivity (Wildman–Crippen MR) is 125 cm³/mol. The molecule has 0 atom stereocenters. The highest BCUT2D eigenvalue weighted by atomic mass is 127. The number of hydrogen-bond donors (Lipinski definition) is 1. The molecule has 1 aromatic carbocycles. The molecule has 1 aliphatic rings. The van der Waals surface area contributed by atoms with Crippen LogP contribution in [0, 0.1) is 6.92 Å². The van der Waals surface area contributed by atoms with Crippen molar-refractivity contribution in [2.45, 2.75) is 39.4 Å². The number of thiazole rings is 1. The first-order valence-electron chi connectivity index (χ1n) is 9.27. The molecule has 27 heavy (non-hydrogen) atoms. The minimum Gasteiger partial charge on any atom is -0.352 e. The van der Waals surface area contributed by atoms with E-state index < -0.39 is 0 Å². The quantitative estimate of drug-likeness (QED) is 0.373. The molecule has 3 rings (SSSR count). The molecule has 1 aliphatic heterocycles. The number of rotatable bonds is 6. The molecule has 148 valence electrons. The number of nitrogens with one attached hydrogen (secondary N) is 1. The summed E-state index contributed by atoms with van der Waals surface area (Å²) in [5, 5.41) is 6.66. The van der Waals surface area contributed by atoms with Crippen LogP contribution in [0.15, 0.2) is 34.6 Å². The van der Waals surface area contributed by atoms with Gasteiger partial charge in [-0.05, 0) is 44.0 Å². The zero-order chi connectivity index (χ0) is 18.4. The maximum atomic E-state index is 4.53. The molecule has 0 spiro atoms. The average Bonchev–Trinajstić information content (AvgIpc) is 3.29. The monoisotopic (exact) mass is 499 g/mol. The SMILES string of the molecule is CN=C(NCc1ccc(CN2CCCC2)cc1)N(C)Cc1csc(C)n1.I. The van der Waals surface area contributed by atoms with Crippen LogP contribution < -0.4 is 5.32 Å². The highest BCUT2D eigenvalue weighted by Crippen LogP contribution is 2.13. The van der Waals surface area contributed by atoms with E-state index in [1.54, 1.807) is 11.3 Å². The van der Waals surface area contributed by atoms with Crippen LogP contribution in [0.2, 0.25) is 0 Å². The van der Waals surface area contributed by atoms with Crippen molar-refractivity contribution < 1.29 is 0 Å². The van der Waals surface area contributed by atoms with Gasteiger partial charge in [-0.15, -0.1) is 35.3 Å². The van der Waals surface area contributed by atoms with E-state index in [1.807, 2.05) is 21.0 Å². The molecule has 0 radical (unpaired) electrons. The van der Waals surface area contributed by atoms with Crippen LogP contribution in [0.1, 0.15) is 34.7 Å². The summed E-state index contributed by atoms with van der Waals surface area (Å²) in [6.45, 7) is 7.13. The largest absolute Gasteiger partial charge is 0.352 e. The second-order valence-corrected chi connectivity index (χ2v) is 7.98. The van der Waals surface area contributed by atoms with Crippen LogP contribution in [0.4, 0.5) is 0 Å². The van der Waals surface area contributed by atoms with Crippen LogP contribution in [-0.4, -0.2) is 47.9 Å². The topological polar surface area (TPSA) is 43.8 Å². The highest BCUT2D eigenvalue weighted by molar-refractivity contribution is 14.0. The molecule has 0 aliphatic carbocycles. The summed E-state index contributed by atoms with van der Waals surface area (Å²) < 4.78 is 0. The molecule has 0 amide bonds. The van der Waals surface area contributed by atoms with Gasteiger partial charge < -0.3 is 10.2 Å². The van der Waals surface area contributed by atoms with Crippen LogP contribution in [0.3, 0.4) is 0 Å². The number of halogens is 1. The van der Waals surface area contributed by atoms with Crippen LogP contribution >= 0.6 is 35.3 Å². The highest BCUT2D eigenvalue weighted by Gasteiger charge is 2.12. The van der Waals surface area contributed by atoms with Gasteiger partial charge in [0.2, 0.25) is 0 Å². The van der Waals surface area contributed by atoms with Gasteiger partial charge in [-0.2, -0.15) is 0 Å². The molecular weight excluding hydrogens is 469 g/mol. The maximum Gasteiger partial charge on any atom is 0.194 e. The third-order valence-corrected chi connectivity index (χ3v) is 5.54. The number of likely N-dealkylation sites (tertiary alicyclic amines) is 1. The van der Waals surface area contributed by atoms with E-state index in [9.17, 15) is 0 Å². The molecule has 1 saturated heterocycles. The van der Waals surface area contributed by atoms with Crippen molar-refractivity contribution in [2.24, 2.45) is 4.99 Å². The second kappa shape index (κ2) is 11.0. The molecule has 0 bridgehead atoms. The first-order valence-corrected chi connectivity index (χ1v) is 10.1. The fraction of sp³-hybridized carbons (Fsp3) is 0.500. The Labute approximate surface area is 183 Å². The smallest absolute Gasteiger partial charge is 0.194 e. The van der Waals surface area contributed by atoms with E-state index in [0.29, 0.717) is 0 Å². The number of hydrogen-bond acceptors (Lipinski definition) is 4. The normalized spacial score (nSPS) is 14.9. The summed E-state index contributed by atoms with van der Waals surface area (Å²) in [4.78, 5) is 13.6. The lowest BCUT2D eigenvalue weighted by Gasteiger charge is -2.21. The summed E-state index contributed by atoms with van der Waals surface area (Å²) in [6, 6.07) is 8.94. The van der Waals surface area contributed by atoms with Crippen LogP contribution in [-0.2, 0) is 19.6 Å². The van der Waals surface area contributed by atoms with Gasteiger partial charge in [0.05, 0.1) is 17.2 Å². The molecule has 1 N–H and O–H groups in total. The Morgan fingerprint density at radius 2 is 1.89 bits per heavy atom. The Balaban J connectivity index is 0.00000261. The first-order chi connectivity index (χ1) is 12.6. The fourth-order valence-corrected chi connectivity index (χ4v) is 3.93. The van der Waals surface area contributed by atoms with Gasteiger partial charge in [-0.3, -0.25) is 9.89 Å². The molecule has 1 aromatic heterocycles. The molecule has 0 saturated carbocycles. The van der Waals surface area contributed by atoms with Crippen molar-refractivity contribution in [3.63, 3.8) is 0 Å². The van der Waals surface area contributed by atoms with E-state index in [1.165, 1.54) is 37.1 Å². The molecule has 0 unspecified atom stereocenters. The van der Waals surface area contributed by atoms with Gasteiger partial charge in [-0.25, -0.2) is 4.98 Å². The van der Waals surface area contributed by atoms with Crippen molar-refractivity contribution in [1.29, 1.82) is 0 Å². The number of nitrogens with zero attached hydrogens (tertiary/aromatic N) is 4. The van der Waals surface area contributed by atoms with Gasteiger partial charge in [0.25, 0.3) is 0 Å². The summed E-state index contributed by atoms with van der Waals surface area (Å²) in [7, 11) is 3.87. The van der Waals surface area contributed by atoms with Crippen molar-refractivity contribution in [1.82, 2.24) is 20.1 Å². The van der Waals surface area contributed by atoms with E-state index >= 15 is 0 Å². The van der Waals surface area contributed by atoms with Crippen LogP contribution in [0.5, 0.6) is 0 Å². The van der Waals surface area contributed by atoms with Crippen molar-refractivity contribution in [3.05, 3.63) is 51.5 Å². The number of aryl methyl sites for hydroxylation is 1. The molecule has 5 nitrogen and oxygen atoms in total. The number of guanidine groups is 1. The minimum absolute atomic E-state index is 0. The Morgan fingerprint density at radius 3 is 2.48 bits per heavy atom. The van der Waals surface area contributed by atoms with E-state index in [0.717, 1.165) is 36.3 Å². The number of aromatic nitrogens is 1. The first kappa shape index (κ1) is 22.1. The Morgan fingerprint density at radius 1 is 1.22 bits per heavy atom. The molecule has 2 heterocycles. The fourth-order valence-electron chi connectivity index (χ4n) is 3.33. The van der Waals surface area contributed by atoms with E-state index in [4.69, 9.17) is 0 Å². The molecule has 2 aromatic rings. The number of aliphatic imine (C=N–C) groups is 1. The lowest BCUT2D eigenvalue weighted by atomic mass is 10.1. The van der Waals surface area contributed by atoms with Crippen molar-refractivity contribution in [2.75, 3.05) is 27.2 Å². The van der Waals surface area contributed by atoms with Crippen molar-refractivity contribution in [3.8, 4) is 0 Å². The Bertz CT molecular complexity index is 722. The van der Waals surface area contributed by atoms with Gasteiger partial charge in [0.15, 0.2) is 5.96 Å². The van der Waals surface area contributed by atoms with Gasteiger partial charge in [-0.1, -0.05) is 24.3 Å². The lowest BCUT2D eigenvalue weighted by Crippen LogP contribution is -2.38. The molecule has 1 fully saturated rings. The molecule has 7 heteroatoms. The number of benzene rings is 1. The second-order valence-electron chi connectivity index (χ2n) is 6.91. The third kappa shape index (κ3) is 6.73. The van der Waals surface area contributed by atoms with Crippen molar-refractivity contribution >= 4 is 41.3 Å². The zero-order valence-corrected chi connectivity index (χ0v) is 19.6. The summed E-state index contributed by atoms with van der Waals surface area (Å²) in [5.74, 6) is 0.886. The Kier molecular flexibility index (Phi) is 8.98. The Hall–Kier alpha value is -1.19. The summed E-state index contributed by atoms with van der Waals surface area (Å²) >= 11 is 1.69. The molecular formula is C20H30IN5S. The van der Waals surface area contributed by atoms with E-state index in [-0.39, 0.29) is 24.0 Å². The van der Waals surface area contributed by atoms with Gasteiger partial charge in [0.1, 0.15) is 0 Å².